The lowest BCUT2D eigenvalue weighted by atomic mass is 9.98. The largest absolute Gasteiger partial charge is 0.333 e. The standard InChI is InChI=1S/C23H25N5O3/c1-26-9-7-14(8-10-26)21-20(24-13-27(21)2)15-3-4-17-16(11-15)12-28(23(17)31)18-5-6-19(29)25-22(18)30/h3-4,7,11,13,18H,5-6,8-10,12H2,1-2H3,(H,25,29,30). The van der Waals surface area contributed by atoms with Crippen LogP contribution in [0, 0.1) is 0 Å². The molecule has 0 aliphatic carbocycles. The van der Waals surface area contributed by atoms with Gasteiger partial charge >= 0.3 is 0 Å². The maximum atomic E-state index is 12.9. The molecule has 1 aromatic carbocycles. The van der Waals surface area contributed by atoms with Crippen LogP contribution in [0.4, 0.5) is 0 Å². The first-order valence-electron chi connectivity index (χ1n) is 10.6. The molecule has 2 aromatic rings. The summed E-state index contributed by atoms with van der Waals surface area (Å²) < 4.78 is 2.06. The van der Waals surface area contributed by atoms with Crippen molar-refractivity contribution in [3.63, 3.8) is 0 Å². The maximum Gasteiger partial charge on any atom is 0.255 e. The molecule has 1 unspecified atom stereocenters. The van der Waals surface area contributed by atoms with Crippen molar-refractivity contribution >= 4 is 23.3 Å². The van der Waals surface area contributed by atoms with Crippen LogP contribution in [0.2, 0.25) is 0 Å². The highest BCUT2D eigenvalue weighted by atomic mass is 16.2. The number of imidazole rings is 1. The van der Waals surface area contributed by atoms with Crippen molar-refractivity contribution in [2.75, 3.05) is 20.1 Å². The first-order chi connectivity index (χ1) is 14.9. The number of carbonyl (C=O) groups is 3. The van der Waals surface area contributed by atoms with E-state index in [1.54, 1.807) is 4.90 Å². The monoisotopic (exact) mass is 419 g/mol. The molecule has 0 spiro atoms. The highest BCUT2D eigenvalue weighted by molar-refractivity contribution is 6.05. The third-order valence-corrected chi connectivity index (χ3v) is 6.45. The molecule has 8 nitrogen and oxygen atoms in total. The van der Waals surface area contributed by atoms with Gasteiger partial charge in [-0.15, -0.1) is 0 Å². The van der Waals surface area contributed by atoms with Crippen molar-refractivity contribution in [1.82, 2.24) is 24.7 Å². The van der Waals surface area contributed by atoms with Crippen LogP contribution in [0.25, 0.3) is 16.8 Å². The molecule has 1 aromatic heterocycles. The number of aromatic nitrogens is 2. The number of fused-ring (bicyclic) bond motifs is 1. The van der Waals surface area contributed by atoms with E-state index in [1.807, 2.05) is 31.6 Å². The topological polar surface area (TPSA) is 87.5 Å². The molecule has 1 saturated heterocycles. The second-order valence-electron chi connectivity index (χ2n) is 8.57. The number of piperidine rings is 1. The molecule has 1 atom stereocenters. The summed E-state index contributed by atoms with van der Waals surface area (Å²) in [6.07, 6.45) is 5.67. The molecule has 4 heterocycles. The molecule has 3 amide bonds. The number of amides is 3. The Labute approximate surface area is 180 Å². The van der Waals surface area contributed by atoms with Crippen molar-refractivity contribution in [1.29, 1.82) is 0 Å². The van der Waals surface area contributed by atoms with Gasteiger partial charge in [-0.3, -0.25) is 19.7 Å². The summed E-state index contributed by atoms with van der Waals surface area (Å²) in [6, 6.07) is 5.18. The Morgan fingerprint density at radius 2 is 1.97 bits per heavy atom. The van der Waals surface area contributed by atoms with Crippen LogP contribution in [0.3, 0.4) is 0 Å². The van der Waals surface area contributed by atoms with E-state index in [1.165, 1.54) is 5.57 Å². The van der Waals surface area contributed by atoms with Gasteiger partial charge in [-0.2, -0.15) is 0 Å². The minimum Gasteiger partial charge on any atom is -0.333 e. The average molecular weight is 419 g/mol. The van der Waals surface area contributed by atoms with Crippen LogP contribution in [-0.2, 0) is 23.2 Å². The van der Waals surface area contributed by atoms with Gasteiger partial charge in [-0.05, 0) is 43.2 Å². The zero-order valence-corrected chi connectivity index (χ0v) is 17.7. The fourth-order valence-corrected chi connectivity index (χ4v) is 4.73. The maximum absolute atomic E-state index is 12.9. The predicted molar refractivity (Wildman–Crippen MR) is 115 cm³/mol. The Kier molecular flexibility index (Phi) is 4.74. The van der Waals surface area contributed by atoms with Crippen LogP contribution >= 0.6 is 0 Å². The third kappa shape index (κ3) is 3.37. The Morgan fingerprint density at radius 1 is 1.13 bits per heavy atom. The zero-order chi connectivity index (χ0) is 21.7. The molecule has 3 aliphatic heterocycles. The molecule has 1 fully saturated rings. The smallest absolute Gasteiger partial charge is 0.255 e. The first kappa shape index (κ1) is 19.7. The van der Waals surface area contributed by atoms with E-state index < -0.39 is 6.04 Å². The number of carbonyl (C=O) groups excluding carboxylic acids is 3. The van der Waals surface area contributed by atoms with Crippen LogP contribution in [0.5, 0.6) is 0 Å². The fourth-order valence-electron chi connectivity index (χ4n) is 4.73. The molecule has 3 aliphatic rings. The Morgan fingerprint density at radius 3 is 2.71 bits per heavy atom. The van der Waals surface area contributed by atoms with Crippen molar-refractivity contribution in [2.24, 2.45) is 7.05 Å². The third-order valence-electron chi connectivity index (χ3n) is 6.45. The molecule has 1 N–H and O–H groups in total. The SMILES string of the molecule is CN1CC=C(c2c(-c3ccc4c(c3)CN(C3CCC(=O)NC3=O)C4=O)ncn2C)CC1. The van der Waals surface area contributed by atoms with Gasteiger partial charge in [0, 0.05) is 44.2 Å². The number of aryl methyl sites for hydroxylation is 1. The first-order valence-corrected chi connectivity index (χ1v) is 10.6. The molecule has 8 heteroatoms. The molecule has 0 saturated carbocycles. The van der Waals surface area contributed by atoms with Crippen LogP contribution in [0.15, 0.2) is 30.6 Å². The summed E-state index contributed by atoms with van der Waals surface area (Å²) in [5, 5.41) is 2.35. The van der Waals surface area contributed by atoms with Gasteiger partial charge in [0.2, 0.25) is 11.8 Å². The van der Waals surface area contributed by atoms with Gasteiger partial charge in [0.05, 0.1) is 17.7 Å². The van der Waals surface area contributed by atoms with Gasteiger partial charge in [0.1, 0.15) is 6.04 Å². The predicted octanol–water partition coefficient (Wildman–Crippen LogP) is 1.57. The van der Waals surface area contributed by atoms with E-state index in [4.69, 9.17) is 0 Å². The van der Waals surface area contributed by atoms with E-state index in [9.17, 15) is 14.4 Å². The Balaban J connectivity index is 1.46. The summed E-state index contributed by atoms with van der Waals surface area (Å²) in [5.41, 5.74) is 5.78. The normalized spacial score (nSPS) is 21.9. The number of imide groups is 1. The number of rotatable bonds is 3. The van der Waals surface area contributed by atoms with Crippen molar-refractivity contribution < 1.29 is 14.4 Å². The highest BCUT2D eigenvalue weighted by Crippen LogP contribution is 2.34. The van der Waals surface area contributed by atoms with Crippen molar-refractivity contribution in [3.8, 4) is 11.3 Å². The molecule has 160 valence electrons. The second-order valence-corrected chi connectivity index (χ2v) is 8.57. The van der Waals surface area contributed by atoms with E-state index >= 15 is 0 Å². The summed E-state index contributed by atoms with van der Waals surface area (Å²) in [7, 11) is 4.12. The summed E-state index contributed by atoms with van der Waals surface area (Å²) in [5.74, 6) is -0.826. The van der Waals surface area contributed by atoms with E-state index in [0.717, 1.165) is 42.0 Å². The highest BCUT2D eigenvalue weighted by Gasteiger charge is 2.39. The summed E-state index contributed by atoms with van der Waals surface area (Å²) in [4.78, 5) is 45.2. The number of likely N-dealkylation sites (N-methyl/N-ethyl adjacent to an activating group) is 1. The van der Waals surface area contributed by atoms with Gasteiger partial charge in [0.15, 0.2) is 0 Å². The minimum absolute atomic E-state index is 0.157. The van der Waals surface area contributed by atoms with Gasteiger partial charge < -0.3 is 14.4 Å². The number of benzene rings is 1. The Hall–Kier alpha value is -3.26. The quantitative estimate of drug-likeness (QED) is 0.763. The summed E-state index contributed by atoms with van der Waals surface area (Å²) >= 11 is 0. The van der Waals surface area contributed by atoms with Crippen molar-refractivity contribution in [2.45, 2.75) is 31.8 Å². The minimum atomic E-state index is -0.601. The molecule has 0 radical (unpaired) electrons. The van der Waals surface area contributed by atoms with Gasteiger partial charge in [0.25, 0.3) is 5.91 Å². The lowest BCUT2D eigenvalue weighted by molar-refractivity contribution is -0.136. The van der Waals surface area contributed by atoms with Gasteiger partial charge in [-0.25, -0.2) is 4.98 Å². The average Bonchev–Trinajstić information content (AvgIpc) is 3.28. The number of nitrogens with zero attached hydrogens (tertiary/aromatic N) is 4. The Bertz CT molecular complexity index is 1130. The molecular formula is C23H25N5O3. The van der Waals surface area contributed by atoms with Gasteiger partial charge in [-0.1, -0.05) is 12.1 Å². The van der Waals surface area contributed by atoms with E-state index in [0.29, 0.717) is 18.5 Å². The summed E-state index contributed by atoms with van der Waals surface area (Å²) in [6.45, 7) is 2.29. The van der Waals surface area contributed by atoms with E-state index in [2.05, 4.69) is 32.9 Å². The van der Waals surface area contributed by atoms with Crippen LogP contribution < -0.4 is 5.32 Å². The zero-order valence-electron chi connectivity index (χ0n) is 17.7. The van der Waals surface area contributed by atoms with E-state index in [-0.39, 0.29) is 24.1 Å². The number of hydrogen-bond acceptors (Lipinski definition) is 5. The fraction of sp³-hybridized carbons (Fsp3) is 0.391. The number of nitrogens with one attached hydrogen (secondary N) is 1. The number of hydrogen-bond donors (Lipinski definition) is 1. The second kappa shape index (κ2) is 7.46. The molecular weight excluding hydrogens is 394 g/mol. The van der Waals surface area contributed by atoms with Crippen LogP contribution in [-0.4, -0.2) is 63.3 Å². The molecule has 31 heavy (non-hydrogen) atoms. The lowest BCUT2D eigenvalue weighted by Gasteiger charge is -2.29. The molecule has 0 bridgehead atoms. The lowest BCUT2D eigenvalue weighted by Crippen LogP contribution is -2.52. The van der Waals surface area contributed by atoms with Crippen molar-refractivity contribution in [3.05, 3.63) is 47.4 Å². The molecule has 5 rings (SSSR count). The van der Waals surface area contributed by atoms with Crippen LogP contribution in [0.1, 0.15) is 40.9 Å².